The number of aromatic nitrogens is 2. The van der Waals surface area contributed by atoms with Crippen LogP contribution in [0.4, 0.5) is 10.5 Å². The van der Waals surface area contributed by atoms with Crippen molar-refractivity contribution >= 4 is 22.6 Å². The van der Waals surface area contributed by atoms with Gasteiger partial charge in [0, 0.05) is 29.4 Å². The molecule has 1 unspecified atom stereocenters. The molecule has 2 aromatic rings. The van der Waals surface area contributed by atoms with Crippen LogP contribution in [0.1, 0.15) is 39.7 Å². The molecule has 1 aromatic carbocycles. The van der Waals surface area contributed by atoms with Gasteiger partial charge >= 0.3 is 6.03 Å². The Morgan fingerprint density at radius 3 is 2.86 bits per heavy atom. The molecule has 1 atom stereocenters. The summed E-state index contributed by atoms with van der Waals surface area (Å²) in [5.74, 6) is 0. The van der Waals surface area contributed by atoms with Gasteiger partial charge in [0.05, 0.1) is 18.0 Å². The minimum atomic E-state index is -0.294. The Kier molecular flexibility index (Phi) is 4.99. The topological polar surface area (TPSA) is 82.7 Å². The van der Waals surface area contributed by atoms with Gasteiger partial charge in [-0.2, -0.15) is 10.4 Å². The predicted octanol–water partition coefficient (Wildman–Crippen LogP) is 3.43. The van der Waals surface area contributed by atoms with Crippen molar-refractivity contribution in [3.05, 3.63) is 24.4 Å². The lowest BCUT2D eigenvalue weighted by atomic mass is 10.2. The maximum atomic E-state index is 12.0. The van der Waals surface area contributed by atoms with Gasteiger partial charge in [0.1, 0.15) is 0 Å². The molecule has 0 aliphatic rings. The molecule has 0 aliphatic carbocycles. The smallest absolute Gasteiger partial charge is 0.319 e. The second-order valence-electron chi connectivity index (χ2n) is 5.54. The number of carbonyl (C=O) groups excluding carboxylic acids is 1. The molecular weight excluding hydrogens is 278 g/mol. The van der Waals surface area contributed by atoms with Gasteiger partial charge in [-0.3, -0.25) is 4.68 Å². The number of anilines is 1. The van der Waals surface area contributed by atoms with E-state index < -0.39 is 0 Å². The summed E-state index contributed by atoms with van der Waals surface area (Å²) in [6, 6.07) is 7.55. The normalized spacial score (nSPS) is 12.1. The third-order valence-electron chi connectivity index (χ3n) is 3.47. The number of amides is 2. The molecule has 0 radical (unpaired) electrons. The molecule has 116 valence electrons. The zero-order valence-corrected chi connectivity index (χ0v) is 13.1. The third-order valence-corrected chi connectivity index (χ3v) is 3.47. The van der Waals surface area contributed by atoms with Crippen LogP contribution in [0.25, 0.3) is 10.9 Å². The second-order valence-corrected chi connectivity index (χ2v) is 5.54. The molecule has 0 spiro atoms. The number of nitrogens with zero attached hydrogens (tertiary/aromatic N) is 3. The lowest BCUT2D eigenvalue weighted by Gasteiger charge is -2.14. The first kappa shape index (κ1) is 15.8. The van der Waals surface area contributed by atoms with E-state index in [2.05, 4.69) is 35.6 Å². The van der Waals surface area contributed by atoms with E-state index in [0.717, 1.165) is 17.3 Å². The number of carbonyl (C=O) groups is 1. The highest BCUT2D eigenvalue weighted by Gasteiger charge is 2.11. The molecule has 2 N–H and O–H groups in total. The van der Waals surface area contributed by atoms with Gasteiger partial charge in [-0.05, 0) is 38.5 Å². The average Bonchev–Trinajstić information content (AvgIpc) is 2.90. The van der Waals surface area contributed by atoms with Gasteiger partial charge in [0.15, 0.2) is 0 Å². The summed E-state index contributed by atoms with van der Waals surface area (Å²) in [6.07, 6.45) is 3.00. The SMILES string of the molecule is CCC(CC#N)NC(=O)Nc1ccc2nn(C(C)C)cc2c1. The molecule has 0 fully saturated rings. The monoisotopic (exact) mass is 299 g/mol. The minimum Gasteiger partial charge on any atom is -0.334 e. The Hall–Kier alpha value is -2.55. The summed E-state index contributed by atoms with van der Waals surface area (Å²) >= 11 is 0. The predicted molar refractivity (Wildman–Crippen MR) is 86.6 cm³/mol. The van der Waals surface area contributed by atoms with E-state index in [4.69, 9.17) is 5.26 Å². The molecule has 2 amide bonds. The van der Waals surface area contributed by atoms with E-state index in [-0.39, 0.29) is 12.1 Å². The summed E-state index contributed by atoms with van der Waals surface area (Å²) in [5, 5.41) is 19.8. The van der Waals surface area contributed by atoms with Gasteiger partial charge in [-0.25, -0.2) is 4.79 Å². The highest BCUT2D eigenvalue weighted by Crippen LogP contribution is 2.19. The van der Waals surface area contributed by atoms with Crippen molar-refractivity contribution in [2.45, 2.75) is 45.7 Å². The van der Waals surface area contributed by atoms with E-state index in [1.54, 1.807) is 0 Å². The number of hydrogen-bond acceptors (Lipinski definition) is 3. The number of benzene rings is 1. The molecule has 22 heavy (non-hydrogen) atoms. The molecule has 1 heterocycles. The van der Waals surface area contributed by atoms with Crippen LogP contribution < -0.4 is 10.6 Å². The van der Waals surface area contributed by atoms with Gasteiger partial charge in [-0.1, -0.05) is 6.92 Å². The van der Waals surface area contributed by atoms with Crippen molar-refractivity contribution in [1.29, 1.82) is 5.26 Å². The average molecular weight is 299 g/mol. The first-order valence-corrected chi connectivity index (χ1v) is 7.46. The van der Waals surface area contributed by atoms with E-state index in [1.165, 1.54) is 0 Å². The zero-order chi connectivity index (χ0) is 16.1. The molecule has 0 aliphatic heterocycles. The fraction of sp³-hybridized carbons (Fsp3) is 0.438. The van der Waals surface area contributed by atoms with Crippen LogP contribution in [-0.4, -0.2) is 21.9 Å². The summed E-state index contributed by atoms with van der Waals surface area (Å²) in [4.78, 5) is 12.0. The van der Waals surface area contributed by atoms with Crippen molar-refractivity contribution in [1.82, 2.24) is 15.1 Å². The quantitative estimate of drug-likeness (QED) is 0.887. The van der Waals surface area contributed by atoms with Crippen molar-refractivity contribution in [2.75, 3.05) is 5.32 Å². The highest BCUT2D eigenvalue weighted by molar-refractivity contribution is 5.92. The summed E-state index contributed by atoms with van der Waals surface area (Å²) in [5.41, 5.74) is 1.61. The molecule has 0 saturated carbocycles. The lowest BCUT2D eigenvalue weighted by molar-refractivity contribution is 0.248. The highest BCUT2D eigenvalue weighted by atomic mass is 16.2. The van der Waals surface area contributed by atoms with Crippen LogP contribution >= 0.6 is 0 Å². The third kappa shape index (κ3) is 3.76. The van der Waals surface area contributed by atoms with Crippen molar-refractivity contribution < 1.29 is 4.79 Å². The standard InChI is InChI=1S/C16H21N5O/c1-4-13(7-8-17)18-16(22)19-14-5-6-15-12(9-14)10-21(20-15)11(2)3/h5-6,9-11,13H,4,7H2,1-3H3,(H2,18,19,22). The lowest BCUT2D eigenvalue weighted by Crippen LogP contribution is -2.37. The molecule has 0 saturated heterocycles. The number of fused-ring (bicyclic) bond motifs is 1. The summed E-state index contributed by atoms with van der Waals surface area (Å²) < 4.78 is 1.90. The van der Waals surface area contributed by atoms with Crippen molar-refractivity contribution in [3.63, 3.8) is 0 Å². The fourth-order valence-corrected chi connectivity index (χ4v) is 2.15. The van der Waals surface area contributed by atoms with E-state index in [1.807, 2.05) is 36.0 Å². The van der Waals surface area contributed by atoms with E-state index >= 15 is 0 Å². The molecule has 2 rings (SSSR count). The fourth-order valence-electron chi connectivity index (χ4n) is 2.15. The maximum absolute atomic E-state index is 12.0. The van der Waals surface area contributed by atoms with Crippen LogP contribution in [0.2, 0.25) is 0 Å². The Bertz CT molecular complexity index is 698. The zero-order valence-electron chi connectivity index (χ0n) is 13.1. The molecular formula is C16H21N5O. The Balaban J connectivity index is 2.08. The Morgan fingerprint density at radius 1 is 1.45 bits per heavy atom. The first-order chi connectivity index (χ1) is 10.5. The molecule has 6 heteroatoms. The second kappa shape index (κ2) is 6.94. The first-order valence-electron chi connectivity index (χ1n) is 7.46. The van der Waals surface area contributed by atoms with E-state index in [9.17, 15) is 4.79 Å². The van der Waals surface area contributed by atoms with Crippen LogP contribution in [0.5, 0.6) is 0 Å². The number of hydrogen-bond donors (Lipinski definition) is 2. The van der Waals surface area contributed by atoms with E-state index in [0.29, 0.717) is 18.2 Å². The molecule has 1 aromatic heterocycles. The van der Waals surface area contributed by atoms with Crippen molar-refractivity contribution in [3.8, 4) is 6.07 Å². The Labute approximate surface area is 130 Å². The van der Waals surface area contributed by atoms with Crippen LogP contribution in [-0.2, 0) is 0 Å². The summed E-state index contributed by atoms with van der Waals surface area (Å²) in [6.45, 7) is 6.08. The maximum Gasteiger partial charge on any atom is 0.319 e. The number of nitriles is 1. The molecule has 0 bridgehead atoms. The largest absolute Gasteiger partial charge is 0.334 e. The van der Waals surface area contributed by atoms with Gasteiger partial charge in [0.25, 0.3) is 0 Å². The van der Waals surface area contributed by atoms with Crippen molar-refractivity contribution in [2.24, 2.45) is 0 Å². The van der Waals surface area contributed by atoms with Crippen LogP contribution in [0, 0.1) is 11.3 Å². The Morgan fingerprint density at radius 2 is 2.23 bits per heavy atom. The summed E-state index contributed by atoms with van der Waals surface area (Å²) in [7, 11) is 0. The minimum absolute atomic E-state index is 0.127. The number of nitrogens with one attached hydrogen (secondary N) is 2. The number of rotatable bonds is 5. The van der Waals surface area contributed by atoms with Gasteiger partial charge in [0.2, 0.25) is 0 Å². The van der Waals surface area contributed by atoms with Gasteiger partial charge in [-0.15, -0.1) is 0 Å². The number of urea groups is 1. The van der Waals surface area contributed by atoms with Gasteiger partial charge < -0.3 is 10.6 Å². The van der Waals surface area contributed by atoms with Crippen LogP contribution in [0.3, 0.4) is 0 Å². The molecule has 6 nitrogen and oxygen atoms in total. The van der Waals surface area contributed by atoms with Crippen LogP contribution in [0.15, 0.2) is 24.4 Å².